The number of benzene rings is 2. The van der Waals surface area contributed by atoms with Gasteiger partial charge >= 0.3 is 0 Å². The van der Waals surface area contributed by atoms with Gasteiger partial charge in [0.1, 0.15) is 6.29 Å². The van der Waals surface area contributed by atoms with Gasteiger partial charge in [-0.1, -0.05) is 12.8 Å². The predicted molar refractivity (Wildman–Crippen MR) is 164 cm³/mol. The molecule has 0 radical (unpaired) electrons. The Balaban J connectivity index is 1.45. The van der Waals surface area contributed by atoms with E-state index in [0.29, 0.717) is 5.92 Å². The Morgan fingerprint density at radius 2 is 0.868 bits per heavy atom. The van der Waals surface area contributed by atoms with Crippen molar-refractivity contribution in [1.82, 2.24) is 0 Å². The summed E-state index contributed by atoms with van der Waals surface area (Å²) in [6.07, 6.45) is 15.6. The fourth-order valence-electron chi connectivity index (χ4n) is 8.34. The van der Waals surface area contributed by atoms with E-state index >= 15 is 0 Å². The van der Waals surface area contributed by atoms with E-state index in [4.69, 9.17) is 0 Å². The van der Waals surface area contributed by atoms with Gasteiger partial charge < -0.3 is 4.79 Å². The van der Waals surface area contributed by atoms with Crippen molar-refractivity contribution in [2.75, 3.05) is 0 Å². The van der Waals surface area contributed by atoms with E-state index in [1.165, 1.54) is 125 Å². The number of rotatable bonds is 7. The highest BCUT2D eigenvalue weighted by Crippen LogP contribution is 2.44. The zero-order valence-corrected chi connectivity index (χ0v) is 26.1. The molecule has 4 rings (SSSR count). The monoisotopic (exact) mass is 514 g/mol. The Hall–Kier alpha value is -1.89. The zero-order chi connectivity index (χ0) is 27.7. The number of hydrogen-bond acceptors (Lipinski definition) is 1. The van der Waals surface area contributed by atoms with Crippen LogP contribution in [-0.2, 0) is 11.2 Å². The molecule has 0 N–H and O–H groups in total. The number of aldehydes is 1. The third-order valence-electron chi connectivity index (χ3n) is 11.7. The van der Waals surface area contributed by atoms with Gasteiger partial charge in [-0.25, -0.2) is 0 Å². The highest BCUT2D eigenvalue weighted by molar-refractivity contribution is 5.81. The van der Waals surface area contributed by atoms with Crippen LogP contribution in [0.2, 0.25) is 0 Å². The lowest BCUT2D eigenvalue weighted by molar-refractivity contribution is -0.108. The summed E-state index contributed by atoms with van der Waals surface area (Å²) < 4.78 is 0. The molecule has 208 valence electrons. The van der Waals surface area contributed by atoms with Gasteiger partial charge in [-0.05, 0) is 204 Å². The molecule has 0 amide bonds. The Morgan fingerprint density at radius 3 is 1.29 bits per heavy atom. The lowest BCUT2D eigenvalue weighted by Crippen LogP contribution is -2.26. The van der Waals surface area contributed by atoms with Crippen molar-refractivity contribution < 1.29 is 4.79 Å². The molecule has 2 aromatic carbocycles. The van der Waals surface area contributed by atoms with Gasteiger partial charge in [0.25, 0.3) is 0 Å². The summed E-state index contributed by atoms with van der Waals surface area (Å²) in [5.74, 6) is 3.45. The third-order valence-corrected chi connectivity index (χ3v) is 11.7. The molecule has 2 aliphatic carbocycles. The molecular formula is C37H54O. The molecule has 0 spiro atoms. The maximum absolute atomic E-state index is 10.9. The number of carbonyl (C=O) groups is 1. The Kier molecular flexibility index (Phi) is 9.26. The van der Waals surface area contributed by atoms with Gasteiger partial charge in [0, 0.05) is 6.42 Å². The predicted octanol–water partition coefficient (Wildman–Crippen LogP) is 10.3. The SMILES string of the molecule is Cc1c(C)c(C)c(-c2c(C)c(C)c(CCC3CCC(C4CCC(CC=O)CC4)CC3)c(C)c2C)c(C)c1C. The van der Waals surface area contributed by atoms with Crippen molar-refractivity contribution in [1.29, 1.82) is 0 Å². The molecule has 1 nitrogen and oxygen atoms in total. The molecule has 1 heteroatoms. The average Bonchev–Trinajstić information content (AvgIpc) is 2.92. The van der Waals surface area contributed by atoms with Crippen molar-refractivity contribution in [2.24, 2.45) is 23.7 Å². The number of hydrogen-bond donors (Lipinski definition) is 0. The van der Waals surface area contributed by atoms with Crippen LogP contribution in [0.3, 0.4) is 0 Å². The Bertz CT molecular complexity index is 1110. The van der Waals surface area contributed by atoms with Crippen LogP contribution < -0.4 is 0 Å². The minimum Gasteiger partial charge on any atom is -0.303 e. The quantitative estimate of drug-likeness (QED) is 0.336. The molecule has 0 saturated heterocycles. The topological polar surface area (TPSA) is 17.1 Å². The summed E-state index contributed by atoms with van der Waals surface area (Å²) in [7, 11) is 0. The lowest BCUT2D eigenvalue weighted by atomic mass is 9.68. The minimum atomic E-state index is 0.678. The maximum Gasteiger partial charge on any atom is 0.120 e. The second kappa shape index (κ2) is 12.1. The van der Waals surface area contributed by atoms with Crippen molar-refractivity contribution in [3.8, 4) is 11.1 Å². The standard InChI is InChI=1S/C37H54O/c1-22-23(2)27(6)36(28(7)24(22)3)37-29(8)25(4)35(26(5)30(37)9)19-14-31-10-15-33(16-11-31)34-17-12-32(13-18-34)20-21-38/h21,31-34H,10-20H2,1-9H3. The van der Waals surface area contributed by atoms with Gasteiger partial charge in [0.05, 0.1) is 0 Å². The molecule has 2 saturated carbocycles. The first-order valence-electron chi connectivity index (χ1n) is 15.7. The van der Waals surface area contributed by atoms with Gasteiger partial charge in [-0.3, -0.25) is 0 Å². The zero-order valence-electron chi connectivity index (χ0n) is 26.1. The normalized spacial score (nSPS) is 24.0. The first-order chi connectivity index (χ1) is 18.1. The van der Waals surface area contributed by atoms with Gasteiger partial charge in [0.2, 0.25) is 0 Å². The van der Waals surface area contributed by atoms with Crippen LogP contribution in [0.25, 0.3) is 11.1 Å². The third kappa shape index (κ3) is 5.55. The van der Waals surface area contributed by atoms with E-state index in [1.54, 1.807) is 5.56 Å². The van der Waals surface area contributed by atoms with E-state index in [0.717, 1.165) is 30.5 Å². The summed E-state index contributed by atoms with van der Waals surface area (Å²) in [4.78, 5) is 10.9. The highest BCUT2D eigenvalue weighted by atomic mass is 16.1. The summed E-state index contributed by atoms with van der Waals surface area (Å²) in [6.45, 7) is 21.1. The molecule has 2 aliphatic rings. The van der Waals surface area contributed by atoms with Crippen LogP contribution in [0.1, 0.15) is 120 Å². The van der Waals surface area contributed by atoms with Crippen molar-refractivity contribution in [3.05, 3.63) is 55.6 Å². The van der Waals surface area contributed by atoms with Gasteiger partial charge in [-0.2, -0.15) is 0 Å². The molecule has 0 atom stereocenters. The molecule has 2 aromatic rings. The second-order valence-corrected chi connectivity index (χ2v) is 13.4. The summed E-state index contributed by atoms with van der Waals surface area (Å²) in [5.41, 5.74) is 17.9. The van der Waals surface area contributed by atoms with E-state index in [9.17, 15) is 4.79 Å². The van der Waals surface area contributed by atoms with Crippen molar-refractivity contribution in [3.63, 3.8) is 0 Å². The lowest BCUT2D eigenvalue weighted by Gasteiger charge is -2.37. The largest absolute Gasteiger partial charge is 0.303 e. The van der Waals surface area contributed by atoms with Crippen LogP contribution in [0.5, 0.6) is 0 Å². The van der Waals surface area contributed by atoms with Crippen molar-refractivity contribution in [2.45, 2.75) is 133 Å². The molecule has 2 fully saturated rings. The smallest absolute Gasteiger partial charge is 0.120 e. The highest BCUT2D eigenvalue weighted by Gasteiger charge is 2.31. The molecule has 0 bridgehead atoms. The minimum absolute atomic E-state index is 0.678. The second-order valence-electron chi connectivity index (χ2n) is 13.4. The van der Waals surface area contributed by atoms with E-state index in [2.05, 4.69) is 62.3 Å². The number of carbonyl (C=O) groups excluding carboxylic acids is 1. The molecule has 0 unspecified atom stereocenters. The van der Waals surface area contributed by atoms with Crippen molar-refractivity contribution >= 4 is 6.29 Å². The Morgan fingerprint density at radius 1 is 0.500 bits per heavy atom. The van der Waals surface area contributed by atoms with Crippen LogP contribution in [0.15, 0.2) is 0 Å². The maximum atomic E-state index is 10.9. The summed E-state index contributed by atoms with van der Waals surface area (Å²) in [5, 5.41) is 0. The molecular weight excluding hydrogens is 460 g/mol. The van der Waals surface area contributed by atoms with E-state index in [-0.39, 0.29) is 0 Å². The van der Waals surface area contributed by atoms with Crippen LogP contribution in [-0.4, -0.2) is 6.29 Å². The van der Waals surface area contributed by atoms with Gasteiger partial charge in [0.15, 0.2) is 0 Å². The van der Waals surface area contributed by atoms with E-state index in [1.807, 2.05) is 0 Å². The average molecular weight is 515 g/mol. The summed E-state index contributed by atoms with van der Waals surface area (Å²) >= 11 is 0. The van der Waals surface area contributed by atoms with Gasteiger partial charge in [-0.15, -0.1) is 0 Å². The van der Waals surface area contributed by atoms with Crippen LogP contribution in [0.4, 0.5) is 0 Å². The van der Waals surface area contributed by atoms with Crippen LogP contribution >= 0.6 is 0 Å². The van der Waals surface area contributed by atoms with E-state index < -0.39 is 0 Å². The summed E-state index contributed by atoms with van der Waals surface area (Å²) in [6, 6.07) is 0. The molecule has 0 aromatic heterocycles. The molecule has 0 aliphatic heterocycles. The van der Waals surface area contributed by atoms with Crippen LogP contribution in [0, 0.1) is 86.0 Å². The molecule has 0 heterocycles. The first kappa shape index (κ1) is 29.1. The Labute approximate surface area is 234 Å². The molecule has 38 heavy (non-hydrogen) atoms. The fourth-order valence-corrected chi connectivity index (χ4v) is 8.34. The first-order valence-corrected chi connectivity index (χ1v) is 15.7. The fraction of sp³-hybridized carbons (Fsp3) is 0.649.